The van der Waals surface area contributed by atoms with E-state index < -0.39 is 23.5 Å². The van der Waals surface area contributed by atoms with Gasteiger partial charge in [-0.15, -0.1) is 0 Å². The van der Waals surface area contributed by atoms with E-state index in [9.17, 15) is 18.8 Å². The van der Waals surface area contributed by atoms with Gasteiger partial charge in [0.15, 0.2) is 5.78 Å². The minimum absolute atomic E-state index is 0.0102. The first kappa shape index (κ1) is 30.0. The van der Waals surface area contributed by atoms with E-state index in [0.29, 0.717) is 28.8 Å². The summed E-state index contributed by atoms with van der Waals surface area (Å²) in [6, 6.07) is 15.1. The molecule has 1 saturated heterocycles. The maximum atomic E-state index is 14.0. The van der Waals surface area contributed by atoms with Crippen molar-refractivity contribution in [3.05, 3.63) is 98.7 Å². The first-order valence-electron chi connectivity index (χ1n) is 13.0. The molecule has 4 rings (SSSR count). The van der Waals surface area contributed by atoms with Crippen molar-refractivity contribution in [1.29, 1.82) is 0 Å². The van der Waals surface area contributed by atoms with Gasteiger partial charge in [-0.1, -0.05) is 47.8 Å². The third-order valence-corrected chi connectivity index (χ3v) is 7.82. The average molecular weight is 605 g/mol. The van der Waals surface area contributed by atoms with Crippen molar-refractivity contribution in [2.75, 3.05) is 37.6 Å². The lowest BCUT2D eigenvalue weighted by Gasteiger charge is -2.34. The Morgan fingerprint density at radius 2 is 1.45 bits per heavy atom. The van der Waals surface area contributed by atoms with E-state index in [-0.39, 0.29) is 34.9 Å². The quantitative estimate of drug-likeness (QED) is 0.256. The summed E-state index contributed by atoms with van der Waals surface area (Å²) in [6.45, 7) is 5.78. The first-order valence-corrected chi connectivity index (χ1v) is 14.1. The van der Waals surface area contributed by atoms with Crippen LogP contribution in [0, 0.1) is 5.82 Å². The second-order valence-corrected chi connectivity index (χ2v) is 10.8. The third kappa shape index (κ3) is 7.21. The number of carbonyl (C=O) groups is 3. The summed E-state index contributed by atoms with van der Waals surface area (Å²) in [5, 5.41) is 0.874. The molecule has 0 bridgehead atoms. The standard InChI is InChI=1S/C30H29Cl3FN3O3/c1-2-35-15-17-36(18-16-35)27(38)13-14-28(39)37(24-10-7-22(32)8-11-24)29(25-12-9-23(34)19-26(25)33)30(40)20-3-5-21(31)6-4-20/h3-12,19,29H,2,13-18H2,1H3. The summed E-state index contributed by atoms with van der Waals surface area (Å²) in [5.41, 5.74) is 0.908. The van der Waals surface area contributed by atoms with Crippen LogP contribution in [0.1, 0.15) is 41.7 Å². The van der Waals surface area contributed by atoms with Crippen molar-refractivity contribution >= 4 is 58.1 Å². The van der Waals surface area contributed by atoms with Crippen molar-refractivity contribution in [3.63, 3.8) is 0 Å². The zero-order chi connectivity index (χ0) is 28.8. The van der Waals surface area contributed by atoms with Gasteiger partial charge in [-0.25, -0.2) is 4.39 Å². The lowest BCUT2D eigenvalue weighted by molar-refractivity contribution is -0.134. The van der Waals surface area contributed by atoms with Gasteiger partial charge in [-0.2, -0.15) is 0 Å². The summed E-state index contributed by atoms with van der Waals surface area (Å²) in [7, 11) is 0. The van der Waals surface area contributed by atoms with Gasteiger partial charge in [0.1, 0.15) is 11.9 Å². The van der Waals surface area contributed by atoms with Gasteiger partial charge >= 0.3 is 0 Å². The Bertz CT molecular complexity index is 1360. The fourth-order valence-corrected chi connectivity index (χ4v) is 5.26. The molecular formula is C30H29Cl3FN3O3. The van der Waals surface area contributed by atoms with E-state index in [2.05, 4.69) is 11.8 Å². The van der Waals surface area contributed by atoms with E-state index in [1.54, 1.807) is 53.4 Å². The maximum Gasteiger partial charge on any atom is 0.228 e. The van der Waals surface area contributed by atoms with Crippen LogP contribution in [0.15, 0.2) is 66.7 Å². The Kier molecular flexibility index (Phi) is 10.2. The Morgan fingerprint density at radius 1 is 0.850 bits per heavy atom. The number of nitrogens with zero attached hydrogens (tertiary/aromatic N) is 3. The number of carbonyl (C=O) groups excluding carboxylic acids is 3. The molecule has 2 amide bonds. The lowest BCUT2D eigenvalue weighted by atomic mass is 9.94. The van der Waals surface area contributed by atoms with E-state index in [0.717, 1.165) is 25.7 Å². The molecule has 0 spiro atoms. The summed E-state index contributed by atoms with van der Waals surface area (Å²) in [5.74, 6) is -1.61. The number of ketones is 1. The molecule has 3 aromatic carbocycles. The molecule has 0 radical (unpaired) electrons. The summed E-state index contributed by atoms with van der Waals surface area (Å²) < 4.78 is 14.0. The van der Waals surface area contributed by atoms with Gasteiger partial charge < -0.3 is 9.80 Å². The number of rotatable bonds is 9. The van der Waals surface area contributed by atoms with Gasteiger partial charge in [0.25, 0.3) is 0 Å². The van der Waals surface area contributed by atoms with E-state index in [4.69, 9.17) is 34.8 Å². The highest BCUT2D eigenvalue weighted by Crippen LogP contribution is 2.36. The number of hydrogen-bond acceptors (Lipinski definition) is 4. The Labute approximate surface area is 248 Å². The molecule has 10 heteroatoms. The molecule has 3 aromatic rings. The minimum Gasteiger partial charge on any atom is -0.340 e. The predicted octanol–water partition coefficient (Wildman–Crippen LogP) is 6.69. The largest absolute Gasteiger partial charge is 0.340 e. The van der Waals surface area contributed by atoms with Gasteiger partial charge in [0.2, 0.25) is 11.8 Å². The molecule has 0 aromatic heterocycles. The molecule has 1 aliphatic heterocycles. The van der Waals surface area contributed by atoms with E-state index in [1.165, 1.54) is 17.0 Å². The van der Waals surface area contributed by atoms with Gasteiger partial charge in [-0.3, -0.25) is 19.3 Å². The van der Waals surface area contributed by atoms with Crippen LogP contribution in [0.2, 0.25) is 15.1 Å². The summed E-state index contributed by atoms with van der Waals surface area (Å²) in [4.78, 5) is 46.3. The number of Topliss-reactive ketones (excluding diaryl/α,β-unsaturated/α-hetero) is 1. The Morgan fingerprint density at radius 3 is 2.02 bits per heavy atom. The highest BCUT2D eigenvalue weighted by Gasteiger charge is 2.35. The van der Waals surface area contributed by atoms with Crippen molar-refractivity contribution in [2.45, 2.75) is 25.8 Å². The molecular weight excluding hydrogens is 576 g/mol. The second-order valence-electron chi connectivity index (χ2n) is 9.49. The predicted molar refractivity (Wildman–Crippen MR) is 157 cm³/mol. The Balaban J connectivity index is 1.69. The van der Waals surface area contributed by atoms with Gasteiger partial charge in [0, 0.05) is 70.9 Å². The first-order chi connectivity index (χ1) is 19.2. The number of hydrogen-bond donors (Lipinski definition) is 0. The average Bonchev–Trinajstić information content (AvgIpc) is 2.95. The number of amides is 2. The number of likely N-dealkylation sites (N-methyl/N-ethyl adjacent to an activating group) is 1. The summed E-state index contributed by atoms with van der Waals surface area (Å²) >= 11 is 18.6. The van der Waals surface area contributed by atoms with Crippen LogP contribution in [0.25, 0.3) is 0 Å². The van der Waals surface area contributed by atoms with Crippen molar-refractivity contribution in [2.24, 2.45) is 0 Å². The van der Waals surface area contributed by atoms with Crippen molar-refractivity contribution in [3.8, 4) is 0 Å². The second kappa shape index (κ2) is 13.6. The number of anilines is 1. The van der Waals surface area contributed by atoms with Crippen molar-refractivity contribution < 1.29 is 18.8 Å². The van der Waals surface area contributed by atoms with Crippen LogP contribution in [0.4, 0.5) is 10.1 Å². The van der Waals surface area contributed by atoms with Crippen LogP contribution in [-0.2, 0) is 9.59 Å². The molecule has 1 fully saturated rings. The number of piperazine rings is 1. The number of benzene rings is 3. The third-order valence-electron chi connectivity index (χ3n) is 6.99. The van der Waals surface area contributed by atoms with E-state index in [1.807, 2.05) is 0 Å². The zero-order valence-corrected chi connectivity index (χ0v) is 24.2. The van der Waals surface area contributed by atoms with Crippen LogP contribution in [0.3, 0.4) is 0 Å². The smallest absolute Gasteiger partial charge is 0.228 e. The minimum atomic E-state index is -1.24. The highest BCUT2D eigenvalue weighted by atomic mass is 35.5. The van der Waals surface area contributed by atoms with Gasteiger partial charge in [0.05, 0.1) is 0 Å². The zero-order valence-electron chi connectivity index (χ0n) is 22.0. The normalized spacial score (nSPS) is 14.6. The molecule has 0 N–H and O–H groups in total. The lowest BCUT2D eigenvalue weighted by Crippen LogP contribution is -2.48. The molecule has 40 heavy (non-hydrogen) atoms. The fourth-order valence-electron chi connectivity index (χ4n) is 4.74. The molecule has 0 aliphatic carbocycles. The van der Waals surface area contributed by atoms with Gasteiger partial charge in [-0.05, 0) is 67.2 Å². The van der Waals surface area contributed by atoms with Crippen LogP contribution in [0.5, 0.6) is 0 Å². The molecule has 1 unspecified atom stereocenters. The molecule has 1 aliphatic rings. The Hall–Kier alpha value is -2.97. The topological polar surface area (TPSA) is 60.9 Å². The molecule has 210 valence electrons. The molecule has 1 atom stereocenters. The molecule has 0 saturated carbocycles. The molecule has 6 nitrogen and oxygen atoms in total. The van der Waals surface area contributed by atoms with Crippen molar-refractivity contribution in [1.82, 2.24) is 9.80 Å². The molecule has 1 heterocycles. The summed E-state index contributed by atoms with van der Waals surface area (Å²) in [6.07, 6.45) is -0.160. The van der Waals surface area contributed by atoms with E-state index >= 15 is 0 Å². The maximum absolute atomic E-state index is 14.0. The van der Waals surface area contributed by atoms with Crippen LogP contribution >= 0.6 is 34.8 Å². The fraction of sp³-hybridized carbons (Fsp3) is 0.300. The number of halogens is 4. The van der Waals surface area contributed by atoms with Crippen LogP contribution < -0.4 is 4.90 Å². The monoisotopic (exact) mass is 603 g/mol. The SMILES string of the molecule is CCN1CCN(C(=O)CCC(=O)N(c2ccc(Cl)cc2)C(C(=O)c2ccc(Cl)cc2)c2ccc(F)cc2Cl)CC1. The highest BCUT2D eigenvalue weighted by molar-refractivity contribution is 6.32. The van der Waals surface area contributed by atoms with Crippen LogP contribution in [-0.4, -0.2) is 60.1 Å².